The average molecular weight is 494 g/mol. The van der Waals surface area contributed by atoms with Crippen molar-refractivity contribution in [2.24, 2.45) is 0 Å². The zero-order valence-corrected chi connectivity index (χ0v) is 20.1. The van der Waals surface area contributed by atoms with E-state index in [9.17, 15) is 14.7 Å². The zero-order chi connectivity index (χ0) is 24.1. The number of carbonyl (C=O) groups is 2. The van der Waals surface area contributed by atoms with Gasteiger partial charge in [0.1, 0.15) is 17.3 Å². The van der Waals surface area contributed by atoms with E-state index in [1.54, 1.807) is 31.4 Å². The fraction of sp³-hybridized carbons (Fsp3) is 0.333. The van der Waals surface area contributed by atoms with Crippen LogP contribution in [0.1, 0.15) is 30.5 Å². The molecule has 0 spiro atoms. The average Bonchev–Trinajstić information content (AvgIpc) is 3.04. The molecule has 7 nitrogen and oxygen atoms in total. The smallest absolute Gasteiger partial charge is 0.295 e. The lowest BCUT2D eigenvalue weighted by molar-refractivity contribution is -0.140. The molecule has 1 N–H and O–H groups in total. The lowest BCUT2D eigenvalue weighted by Crippen LogP contribution is -2.31. The highest BCUT2D eigenvalue weighted by atomic mass is 35.5. The van der Waals surface area contributed by atoms with Crippen LogP contribution in [-0.2, 0) is 14.3 Å². The summed E-state index contributed by atoms with van der Waals surface area (Å²) in [7, 11) is 2.95. The van der Waals surface area contributed by atoms with Gasteiger partial charge in [-0.3, -0.25) is 9.59 Å². The Morgan fingerprint density at radius 1 is 1.12 bits per heavy atom. The minimum atomic E-state index is -0.819. The largest absolute Gasteiger partial charge is 0.507 e. The number of halogens is 2. The monoisotopic (exact) mass is 493 g/mol. The van der Waals surface area contributed by atoms with Gasteiger partial charge in [-0.1, -0.05) is 35.3 Å². The number of nitrogens with zero attached hydrogens (tertiary/aromatic N) is 1. The van der Waals surface area contributed by atoms with Gasteiger partial charge in [0.15, 0.2) is 0 Å². The molecule has 0 radical (unpaired) electrons. The van der Waals surface area contributed by atoms with Crippen LogP contribution in [0.2, 0.25) is 10.0 Å². The van der Waals surface area contributed by atoms with E-state index in [0.29, 0.717) is 30.9 Å². The standard InChI is InChI=1S/C24H25Cl2NO6/c1-4-33-16-8-6-14(7-9-16)20-19(22(29)24(30)27(20)10-5-11-31-2)21(28)17-12-15(25)13-18(26)23(17)32-3/h6-9,12-13,20,28H,4-5,10-11H2,1-3H3/b21-19+. The molecule has 33 heavy (non-hydrogen) atoms. The molecule has 1 atom stereocenters. The first-order valence-corrected chi connectivity index (χ1v) is 11.1. The van der Waals surface area contributed by atoms with Gasteiger partial charge in [-0.25, -0.2) is 0 Å². The van der Waals surface area contributed by atoms with Gasteiger partial charge in [0.2, 0.25) is 0 Å². The predicted octanol–water partition coefficient (Wildman–Crippen LogP) is 4.86. The number of rotatable bonds is 9. The highest BCUT2D eigenvalue weighted by Gasteiger charge is 2.46. The normalized spacial score (nSPS) is 17.5. The molecule has 176 valence electrons. The predicted molar refractivity (Wildman–Crippen MR) is 126 cm³/mol. The maximum atomic E-state index is 13.1. The summed E-state index contributed by atoms with van der Waals surface area (Å²) in [6.45, 7) is 3.06. The summed E-state index contributed by atoms with van der Waals surface area (Å²) in [5.74, 6) is -1.13. The summed E-state index contributed by atoms with van der Waals surface area (Å²) in [6.07, 6.45) is 0.517. The molecule has 3 rings (SSSR count). The van der Waals surface area contributed by atoms with Crippen LogP contribution >= 0.6 is 23.2 Å². The number of carbonyl (C=O) groups excluding carboxylic acids is 2. The number of aliphatic hydroxyl groups excluding tert-OH is 1. The van der Waals surface area contributed by atoms with Crippen LogP contribution in [0, 0.1) is 0 Å². The van der Waals surface area contributed by atoms with Gasteiger partial charge in [-0.15, -0.1) is 0 Å². The van der Waals surface area contributed by atoms with E-state index in [1.165, 1.54) is 24.1 Å². The highest BCUT2D eigenvalue weighted by molar-refractivity contribution is 6.46. The Labute approximate surface area is 202 Å². The van der Waals surface area contributed by atoms with Gasteiger partial charge >= 0.3 is 0 Å². The zero-order valence-electron chi connectivity index (χ0n) is 18.6. The molecule has 2 aromatic carbocycles. The summed E-state index contributed by atoms with van der Waals surface area (Å²) in [5, 5.41) is 11.7. The quantitative estimate of drug-likeness (QED) is 0.232. The van der Waals surface area contributed by atoms with Crippen molar-refractivity contribution in [2.75, 3.05) is 34.0 Å². The number of amides is 1. The molecule has 1 saturated heterocycles. The van der Waals surface area contributed by atoms with Crippen molar-refractivity contribution in [2.45, 2.75) is 19.4 Å². The maximum Gasteiger partial charge on any atom is 0.295 e. The van der Waals surface area contributed by atoms with Crippen molar-refractivity contribution < 1.29 is 28.9 Å². The number of ketones is 1. The summed E-state index contributed by atoms with van der Waals surface area (Å²) < 4.78 is 15.9. The summed E-state index contributed by atoms with van der Waals surface area (Å²) in [4.78, 5) is 27.5. The first-order valence-electron chi connectivity index (χ1n) is 10.4. The van der Waals surface area contributed by atoms with E-state index >= 15 is 0 Å². The molecular weight excluding hydrogens is 469 g/mol. The van der Waals surface area contributed by atoms with Crippen molar-refractivity contribution in [1.29, 1.82) is 0 Å². The maximum absolute atomic E-state index is 13.1. The SMILES string of the molecule is CCOc1ccc(C2/C(=C(\O)c3cc(Cl)cc(Cl)c3OC)C(=O)C(=O)N2CCCOC)cc1. The van der Waals surface area contributed by atoms with Crippen LogP contribution in [0.3, 0.4) is 0 Å². The second-order valence-corrected chi connectivity index (χ2v) is 8.15. The number of benzene rings is 2. The molecule has 0 saturated carbocycles. The lowest BCUT2D eigenvalue weighted by Gasteiger charge is -2.25. The molecule has 1 amide bonds. The fourth-order valence-corrected chi connectivity index (χ4v) is 4.41. The fourth-order valence-electron chi connectivity index (χ4n) is 3.84. The van der Waals surface area contributed by atoms with E-state index in [1.807, 2.05) is 6.92 Å². The van der Waals surface area contributed by atoms with Gasteiger partial charge in [-0.2, -0.15) is 0 Å². The Bertz CT molecular complexity index is 1070. The number of methoxy groups -OCH3 is 2. The molecule has 0 aromatic heterocycles. The first-order chi connectivity index (χ1) is 15.8. The Kier molecular flexibility index (Phi) is 8.24. The third-order valence-corrected chi connectivity index (χ3v) is 5.76. The van der Waals surface area contributed by atoms with E-state index in [0.717, 1.165) is 0 Å². The lowest BCUT2D eigenvalue weighted by atomic mass is 9.95. The number of likely N-dealkylation sites (tertiary alicyclic amines) is 1. The topological polar surface area (TPSA) is 85.3 Å². The summed E-state index contributed by atoms with van der Waals surface area (Å²) in [6, 6.07) is 9.12. The Balaban J connectivity index is 2.18. The van der Waals surface area contributed by atoms with Crippen molar-refractivity contribution in [3.8, 4) is 11.5 Å². The van der Waals surface area contributed by atoms with Gasteiger partial charge < -0.3 is 24.2 Å². The van der Waals surface area contributed by atoms with E-state index < -0.39 is 23.5 Å². The van der Waals surface area contributed by atoms with E-state index in [2.05, 4.69) is 0 Å². The van der Waals surface area contributed by atoms with Crippen molar-refractivity contribution in [1.82, 2.24) is 4.90 Å². The van der Waals surface area contributed by atoms with Crippen LogP contribution in [0.25, 0.3) is 5.76 Å². The number of ether oxygens (including phenoxy) is 3. The first kappa shape index (κ1) is 24.9. The second-order valence-electron chi connectivity index (χ2n) is 7.31. The molecule has 1 aliphatic heterocycles. The number of aliphatic hydroxyl groups is 1. The van der Waals surface area contributed by atoms with Crippen molar-refractivity contribution in [3.63, 3.8) is 0 Å². The third kappa shape index (κ3) is 5.11. The van der Waals surface area contributed by atoms with Crippen LogP contribution < -0.4 is 9.47 Å². The van der Waals surface area contributed by atoms with Gasteiger partial charge in [0.25, 0.3) is 11.7 Å². The molecule has 1 aliphatic rings. The molecule has 0 bridgehead atoms. The molecule has 1 heterocycles. The Hall–Kier alpha value is -2.74. The minimum Gasteiger partial charge on any atom is -0.507 e. The van der Waals surface area contributed by atoms with Gasteiger partial charge in [0, 0.05) is 25.3 Å². The van der Waals surface area contributed by atoms with Crippen LogP contribution in [0.5, 0.6) is 11.5 Å². The third-order valence-electron chi connectivity index (χ3n) is 5.26. The second kappa shape index (κ2) is 10.9. The van der Waals surface area contributed by atoms with Crippen molar-refractivity contribution in [3.05, 3.63) is 63.1 Å². The molecule has 0 aliphatic carbocycles. The number of Topliss-reactive ketones (excluding diaryl/α,β-unsaturated/α-hetero) is 1. The van der Waals surface area contributed by atoms with Gasteiger partial charge in [0.05, 0.1) is 35.9 Å². The molecule has 2 aromatic rings. The molecule has 9 heteroatoms. The highest BCUT2D eigenvalue weighted by Crippen LogP contribution is 2.43. The van der Waals surface area contributed by atoms with Crippen molar-refractivity contribution >= 4 is 40.7 Å². The van der Waals surface area contributed by atoms with E-state index in [4.69, 9.17) is 37.4 Å². The van der Waals surface area contributed by atoms with E-state index in [-0.39, 0.29) is 33.5 Å². The Morgan fingerprint density at radius 3 is 2.42 bits per heavy atom. The summed E-state index contributed by atoms with van der Waals surface area (Å²) >= 11 is 12.4. The molecule has 1 fully saturated rings. The van der Waals surface area contributed by atoms with Gasteiger partial charge in [-0.05, 0) is 43.2 Å². The number of hydrogen-bond acceptors (Lipinski definition) is 6. The summed E-state index contributed by atoms with van der Waals surface area (Å²) in [5.41, 5.74) is 0.697. The minimum absolute atomic E-state index is 0.0711. The van der Waals surface area contributed by atoms with Crippen LogP contribution in [0.4, 0.5) is 0 Å². The number of hydrogen-bond donors (Lipinski definition) is 1. The van der Waals surface area contributed by atoms with Crippen LogP contribution in [-0.4, -0.2) is 55.7 Å². The Morgan fingerprint density at radius 2 is 1.82 bits per heavy atom. The molecule has 1 unspecified atom stereocenters. The van der Waals surface area contributed by atoms with Crippen LogP contribution in [0.15, 0.2) is 42.0 Å². The molecular formula is C24H25Cl2NO6.